The van der Waals surface area contributed by atoms with Gasteiger partial charge in [0.2, 0.25) is 19.3 Å². The van der Waals surface area contributed by atoms with E-state index in [1.165, 1.54) is 0 Å². The number of hydrogen-bond acceptors (Lipinski definition) is 7. The van der Waals surface area contributed by atoms with Crippen molar-refractivity contribution in [2.75, 3.05) is 20.2 Å². The highest BCUT2D eigenvalue weighted by Crippen LogP contribution is 2.59. The van der Waals surface area contributed by atoms with E-state index in [0.717, 1.165) is 5.56 Å². The third-order valence-electron chi connectivity index (χ3n) is 4.86. The maximum absolute atomic E-state index is 11.3. The van der Waals surface area contributed by atoms with Crippen LogP contribution in [0.1, 0.15) is 17.2 Å². The lowest BCUT2D eigenvalue weighted by Crippen LogP contribution is -2.41. The fourth-order valence-corrected chi connectivity index (χ4v) is 3.70. The average Bonchev–Trinajstić information content (AvgIpc) is 3.29. The second kappa shape index (κ2) is 3.99. The van der Waals surface area contributed by atoms with Crippen LogP contribution in [-0.4, -0.2) is 25.3 Å². The summed E-state index contributed by atoms with van der Waals surface area (Å²) < 4.78 is 33.6. The first-order valence-electron chi connectivity index (χ1n) is 7.62. The van der Waals surface area contributed by atoms with Crippen molar-refractivity contribution >= 4 is 0 Å². The Hall–Kier alpha value is -2.80. The van der Waals surface area contributed by atoms with Crippen molar-refractivity contribution in [1.82, 2.24) is 0 Å². The van der Waals surface area contributed by atoms with Crippen LogP contribution < -0.4 is 28.4 Å². The van der Waals surface area contributed by atoms with Gasteiger partial charge in [0.25, 0.3) is 0 Å². The highest BCUT2D eigenvalue weighted by atomic mass is 16.7. The van der Waals surface area contributed by atoms with Crippen molar-refractivity contribution in [3.63, 3.8) is 0 Å². The Kier molecular flexibility index (Phi) is 2.10. The van der Waals surface area contributed by atoms with Gasteiger partial charge < -0.3 is 33.5 Å². The van der Waals surface area contributed by atoms with Gasteiger partial charge >= 0.3 is 0 Å². The van der Waals surface area contributed by atoms with Crippen LogP contribution in [0.5, 0.6) is 34.5 Å². The molecular formula is C17H12O7. The van der Waals surface area contributed by atoms with Gasteiger partial charge in [-0.05, 0) is 18.2 Å². The standard InChI is InChI=1S/C17H12O7/c18-17-5-19-14-8(1-2-10-15(14)23-7-20-10)16(17)24-11-4-13-12(3-9(11)17)21-6-22-13/h1-4,16,18H,5-7H2/t16-,17+/m0/s1. The highest BCUT2D eigenvalue weighted by molar-refractivity contribution is 5.63. The first-order valence-corrected chi connectivity index (χ1v) is 7.62. The maximum Gasteiger partial charge on any atom is 0.231 e. The molecule has 4 heterocycles. The average molecular weight is 328 g/mol. The smallest absolute Gasteiger partial charge is 0.231 e. The van der Waals surface area contributed by atoms with Gasteiger partial charge in [0.05, 0.1) is 0 Å². The molecule has 0 bridgehead atoms. The van der Waals surface area contributed by atoms with E-state index in [1.807, 2.05) is 6.07 Å². The molecule has 24 heavy (non-hydrogen) atoms. The minimum atomic E-state index is -1.29. The number of benzene rings is 2. The summed E-state index contributed by atoms with van der Waals surface area (Å²) in [7, 11) is 0. The fraction of sp³-hybridized carbons (Fsp3) is 0.294. The van der Waals surface area contributed by atoms with Crippen LogP contribution in [0.25, 0.3) is 0 Å². The number of fused-ring (bicyclic) bond motifs is 8. The molecule has 6 rings (SSSR count). The molecule has 1 N–H and O–H groups in total. The molecule has 7 nitrogen and oxygen atoms in total. The topological polar surface area (TPSA) is 75.6 Å². The summed E-state index contributed by atoms with van der Waals surface area (Å²) in [5, 5.41) is 11.3. The van der Waals surface area contributed by atoms with E-state index in [0.29, 0.717) is 40.1 Å². The summed E-state index contributed by atoms with van der Waals surface area (Å²) in [6.07, 6.45) is -0.590. The Bertz CT molecular complexity index is 893. The summed E-state index contributed by atoms with van der Waals surface area (Å²) in [6.45, 7) is 0.382. The molecule has 2 atom stereocenters. The lowest BCUT2D eigenvalue weighted by Gasteiger charge is -2.35. The fourth-order valence-electron chi connectivity index (χ4n) is 3.70. The maximum atomic E-state index is 11.3. The molecule has 4 aliphatic rings. The van der Waals surface area contributed by atoms with Crippen molar-refractivity contribution in [2.45, 2.75) is 11.7 Å². The Balaban J connectivity index is 1.52. The molecule has 7 heteroatoms. The van der Waals surface area contributed by atoms with Crippen LogP contribution in [0.4, 0.5) is 0 Å². The molecule has 0 spiro atoms. The number of hydrogen-bond donors (Lipinski definition) is 1. The van der Waals surface area contributed by atoms with Gasteiger partial charge in [-0.15, -0.1) is 0 Å². The van der Waals surface area contributed by atoms with E-state index >= 15 is 0 Å². The van der Waals surface area contributed by atoms with E-state index in [1.54, 1.807) is 18.2 Å². The van der Waals surface area contributed by atoms with E-state index in [4.69, 9.17) is 28.4 Å². The first kappa shape index (κ1) is 12.6. The Morgan fingerprint density at radius 2 is 1.62 bits per heavy atom. The SMILES string of the molecule is O[C@@]12COc3c(ccc4c3OCO4)[C@@H]1Oc1cc3c(cc12)OCO3. The lowest BCUT2D eigenvalue weighted by molar-refractivity contribution is -0.0870. The predicted octanol–water partition coefficient (Wildman–Crippen LogP) is 1.86. The van der Waals surface area contributed by atoms with Gasteiger partial charge in [-0.3, -0.25) is 0 Å². The molecule has 0 fully saturated rings. The molecular weight excluding hydrogens is 316 g/mol. The van der Waals surface area contributed by atoms with Crippen LogP contribution in [0.3, 0.4) is 0 Å². The third-order valence-corrected chi connectivity index (χ3v) is 4.86. The summed E-state index contributed by atoms with van der Waals surface area (Å²) in [6, 6.07) is 7.15. The molecule has 0 radical (unpaired) electrons. The van der Waals surface area contributed by atoms with Gasteiger partial charge in [-0.25, -0.2) is 0 Å². The Labute approximate surface area is 136 Å². The molecule has 0 amide bonds. The lowest BCUT2D eigenvalue weighted by atomic mass is 9.84. The monoisotopic (exact) mass is 328 g/mol. The number of ether oxygens (including phenoxy) is 6. The zero-order valence-corrected chi connectivity index (χ0v) is 12.4. The van der Waals surface area contributed by atoms with E-state index in [-0.39, 0.29) is 20.2 Å². The third kappa shape index (κ3) is 1.37. The van der Waals surface area contributed by atoms with Gasteiger partial charge in [-0.1, -0.05) is 0 Å². The van der Waals surface area contributed by atoms with Crippen LogP contribution in [-0.2, 0) is 5.60 Å². The second-order valence-electron chi connectivity index (χ2n) is 6.13. The van der Waals surface area contributed by atoms with E-state index in [9.17, 15) is 5.11 Å². The molecule has 0 aromatic heterocycles. The van der Waals surface area contributed by atoms with Crippen LogP contribution in [0, 0.1) is 0 Å². The van der Waals surface area contributed by atoms with Crippen LogP contribution in [0.15, 0.2) is 24.3 Å². The molecule has 4 aliphatic heterocycles. The van der Waals surface area contributed by atoms with Crippen LogP contribution >= 0.6 is 0 Å². The first-order chi connectivity index (χ1) is 11.7. The number of rotatable bonds is 0. The Morgan fingerprint density at radius 1 is 0.833 bits per heavy atom. The van der Waals surface area contributed by atoms with Crippen molar-refractivity contribution < 1.29 is 33.5 Å². The summed E-state index contributed by atoms with van der Waals surface area (Å²) in [5.74, 6) is 3.54. The zero-order valence-electron chi connectivity index (χ0n) is 12.4. The minimum absolute atomic E-state index is 0.0527. The van der Waals surface area contributed by atoms with Crippen molar-refractivity contribution in [1.29, 1.82) is 0 Å². The van der Waals surface area contributed by atoms with Crippen molar-refractivity contribution in [3.8, 4) is 34.5 Å². The zero-order chi connectivity index (χ0) is 15.9. The molecule has 0 saturated heterocycles. The van der Waals surface area contributed by atoms with Gasteiger partial charge in [0.15, 0.2) is 34.7 Å². The van der Waals surface area contributed by atoms with Gasteiger partial charge in [-0.2, -0.15) is 0 Å². The predicted molar refractivity (Wildman–Crippen MR) is 77.9 cm³/mol. The van der Waals surface area contributed by atoms with E-state index in [2.05, 4.69) is 0 Å². The summed E-state index contributed by atoms with van der Waals surface area (Å²) in [4.78, 5) is 0. The van der Waals surface area contributed by atoms with E-state index < -0.39 is 11.7 Å². The summed E-state index contributed by atoms with van der Waals surface area (Å²) >= 11 is 0. The van der Waals surface area contributed by atoms with Crippen LogP contribution in [0.2, 0.25) is 0 Å². The minimum Gasteiger partial charge on any atom is -0.486 e. The molecule has 0 aliphatic carbocycles. The molecule has 0 saturated carbocycles. The highest BCUT2D eigenvalue weighted by Gasteiger charge is 2.54. The Morgan fingerprint density at radius 3 is 2.54 bits per heavy atom. The van der Waals surface area contributed by atoms with Gasteiger partial charge in [0.1, 0.15) is 12.4 Å². The van der Waals surface area contributed by atoms with Crippen molar-refractivity contribution in [2.24, 2.45) is 0 Å². The van der Waals surface area contributed by atoms with Crippen molar-refractivity contribution in [3.05, 3.63) is 35.4 Å². The van der Waals surface area contributed by atoms with Gasteiger partial charge in [0, 0.05) is 17.2 Å². The largest absolute Gasteiger partial charge is 0.486 e. The number of aliphatic hydroxyl groups is 1. The normalized spacial score (nSPS) is 27.0. The molecule has 2 aromatic carbocycles. The second-order valence-corrected chi connectivity index (χ2v) is 6.13. The molecule has 0 unspecified atom stereocenters. The quantitative estimate of drug-likeness (QED) is 0.791. The molecule has 122 valence electrons. The summed E-state index contributed by atoms with van der Waals surface area (Å²) in [5.41, 5.74) is 0.0723. The molecule has 2 aromatic rings.